The normalized spacial score (nSPS) is 13.8. The number of aromatic nitrogens is 2. The fraction of sp³-hybridized carbons (Fsp3) is 0.235. The van der Waals surface area contributed by atoms with Gasteiger partial charge in [0.15, 0.2) is 0 Å². The third-order valence-electron chi connectivity index (χ3n) is 7.99. The standard InChI is InChI=1S/C34H36N6O6S/c35-25(13-19-9-11-22(41)12-10-19)31(42)40-30(18-47)33(44)38-28(14-20-16-36-26-7-3-1-5-23(20)26)32(43)39-29(34(45)46)15-21-17-37-27-8-4-2-6-24(21)27/h1-12,16-17,25,28-30,36-37,41,47H,13-15,18,35H2,(H,38,44)(H,39,43)(H,40,42)(H,45,46). The van der Waals surface area contributed by atoms with Crippen molar-refractivity contribution in [1.29, 1.82) is 0 Å². The molecule has 12 nitrogen and oxygen atoms in total. The van der Waals surface area contributed by atoms with Crippen molar-refractivity contribution in [3.8, 4) is 5.75 Å². The van der Waals surface area contributed by atoms with Gasteiger partial charge in [-0.15, -0.1) is 0 Å². The summed E-state index contributed by atoms with van der Waals surface area (Å²) in [5.41, 5.74) is 9.93. The quantitative estimate of drug-likeness (QED) is 0.0815. The highest BCUT2D eigenvalue weighted by Gasteiger charge is 2.31. The van der Waals surface area contributed by atoms with Crippen LogP contribution in [0.2, 0.25) is 0 Å². The maximum Gasteiger partial charge on any atom is 0.326 e. The van der Waals surface area contributed by atoms with Gasteiger partial charge in [-0.25, -0.2) is 4.79 Å². The van der Waals surface area contributed by atoms with Crippen LogP contribution in [-0.2, 0) is 38.4 Å². The minimum atomic E-state index is -1.29. The van der Waals surface area contributed by atoms with Crippen LogP contribution >= 0.6 is 12.6 Å². The molecule has 9 N–H and O–H groups in total. The Morgan fingerprint density at radius 1 is 0.681 bits per heavy atom. The number of amides is 3. The van der Waals surface area contributed by atoms with E-state index >= 15 is 0 Å². The second-order valence-electron chi connectivity index (χ2n) is 11.3. The Labute approximate surface area is 275 Å². The average Bonchev–Trinajstić information content (AvgIpc) is 3.67. The Morgan fingerprint density at radius 3 is 1.72 bits per heavy atom. The van der Waals surface area contributed by atoms with E-state index in [-0.39, 0.29) is 30.8 Å². The average molecular weight is 657 g/mol. The number of carboxylic acid groups (broad SMARTS) is 1. The molecule has 4 unspecified atom stereocenters. The van der Waals surface area contributed by atoms with Crippen molar-refractivity contribution in [1.82, 2.24) is 25.9 Å². The first-order valence-corrected chi connectivity index (χ1v) is 15.6. The van der Waals surface area contributed by atoms with Gasteiger partial charge in [0.1, 0.15) is 23.9 Å². The summed E-state index contributed by atoms with van der Waals surface area (Å²) in [5, 5.41) is 29.2. The van der Waals surface area contributed by atoms with Crippen LogP contribution in [0.4, 0.5) is 0 Å². The number of thiol groups is 1. The van der Waals surface area contributed by atoms with E-state index in [1.807, 2.05) is 48.5 Å². The summed E-state index contributed by atoms with van der Waals surface area (Å²) in [4.78, 5) is 58.8. The molecule has 4 atom stereocenters. The molecule has 0 fully saturated rings. The number of aromatic amines is 2. The maximum atomic E-state index is 13.8. The van der Waals surface area contributed by atoms with Gasteiger partial charge >= 0.3 is 5.97 Å². The van der Waals surface area contributed by atoms with E-state index in [1.54, 1.807) is 24.5 Å². The Hall–Kier alpha value is -5.27. The van der Waals surface area contributed by atoms with Gasteiger partial charge in [0.25, 0.3) is 0 Å². The fourth-order valence-corrected chi connectivity index (χ4v) is 5.70. The molecule has 0 spiro atoms. The van der Waals surface area contributed by atoms with Gasteiger partial charge < -0.3 is 41.9 Å². The van der Waals surface area contributed by atoms with Crippen molar-refractivity contribution in [2.75, 3.05) is 5.75 Å². The molecule has 3 aromatic carbocycles. The number of aliphatic carboxylic acids is 1. The van der Waals surface area contributed by atoms with Crippen LogP contribution in [0.5, 0.6) is 5.75 Å². The molecule has 0 saturated heterocycles. The molecular weight excluding hydrogens is 620 g/mol. The third-order valence-corrected chi connectivity index (χ3v) is 8.35. The summed E-state index contributed by atoms with van der Waals surface area (Å²) in [5.74, 6) is -3.24. The molecule has 5 aromatic rings. The topological polar surface area (TPSA) is 202 Å². The van der Waals surface area contributed by atoms with Crippen LogP contribution in [0.25, 0.3) is 21.8 Å². The number of nitrogens with one attached hydrogen (secondary N) is 5. The number of carbonyl (C=O) groups is 4. The Kier molecular flexibility index (Phi) is 10.5. The first-order chi connectivity index (χ1) is 22.6. The monoisotopic (exact) mass is 656 g/mol. The predicted molar refractivity (Wildman–Crippen MR) is 181 cm³/mol. The molecule has 0 radical (unpaired) electrons. The predicted octanol–water partition coefficient (Wildman–Crippen LogP) is 2.18. The number of aromatic hydroxyl groups is 1. The molecule has 3 amide bonds. The van der Waals surface area contributed by atoms with Crippen LogP contribution in [0.3, 0.4) is 0 Å². The van der Waals surface area contributed by atoms with Gasteiger partial charge in [-0.1, -0.05) is 48.5 Å². The molecule has 0 saturated carbocycles. The molecule has 0 bridgehead atoms. The molecule has 244 valence electrons. The number of carbonyl (C=O) groups excluding carboxylic acids is 3. The molecule has 0 aliphatic heterocycles. The number of para-hydroxylation sites is 2. The van der Waals surface area contributed by atoms with Crippen molar-refractivity contribution < 1.29 is 29.4 Å². The number of benzene rings is 3. The number of nitrogens with two attached hydrogens (primary N) is 1. The van der Waals surface area contributed by atoms with E-state index < -0.39 is 47.9 Å². The Morgan fingerprint density at radius 2 is 1.17 bits per heavy atom. The minimum Gasteiger partial charge on any atom is -0.508 e. The van der Waals surface area contributed by atoms with Gasteiger partial charge in [0, 0.05) is 52.8 Å². The van der Waals surface area contributed by atoms with E-state index in [2.05, 4.69) is 38.5 Å². The molecule has 47 heavy (non-hydrogen) atoms. The van der Waals surface area contributed by atoms with E-state index in [0.717, 1.165) is 27.4 Å². The van der Waals surface area contributed by atoms with Crippen molar-refractivity contribution in [2.24, 2.45) is 5.73 Å². The molecular formula is C34H36N6O6S. The highest BCUT2D eigenvalue weighted by atomic mass is 32.1. The highest BCUT2D eigenvalue weighted by Crippen LogP contribution is 2.21. The first kappa shape index (κ1) is 33.1. The number of rotatable bonds is 14. The summed E-state index contributed by atoms with van der Waals surface area (Å²) in [6.07, 6.45) is 3.65. The zero-order valence-electron chi connectivity index (χ0n) is 25.3. The minimum absolute atomic E-state index is 0.00702. The first-order valence-electron chi connectivity index (χ1n) is 15.0. The van der Waals surface area contributed by atoms with Gasteiger partial charge in [-0.2, -0.15) is 12.6 Å². The molecule has 2 aromatic heterocycles. The van der Waals surface area contributed by atoms with Crippen LogP contribution in [-0.4, -0.2) is 73.8 Å². The summed E-state index contributed by atoms with van der Waals surface area (Å²) < 4.78 is 0. The van der Waals surface area contributed by atoms with Crippen molar-refractivity contribution in [3.05, 3.63) is 102 Å². The molecule has 5 rings (SSSR count). The summed E-state index contributed by atoms with van der Waals surface area (Å²) >= 11 is 4.25. The largest absolute Gasteiger partial charge is 0.508 e. The highest BCUT2D eigenvalue weighted by molar-refractivity contribution is 7.80. The van der Waals surface area contributed by atoms with Gasteiger partial charge in [-0.3, -0.25) is 14.4 Å². The number of phenols is 1. The molecule has 2 heterocycles. The second-order valence-corrected chi connectivity index (χ2v) is 11.7. The number of hydrogen-bond donors (Lipinski definition) is 9. The fourth-order valence-electron chi connectivity index (χ4n) is 5.45. The summed E-state index contributed by atoms with van der Waals surface area (Å²) in [7, 11) is 0. The lowest BCUT2D eigenvalue weighted by Crippen LogP contribution is -2.58. The Balaban J connectivity index is 1.32. The lowest BCUT2D eigenvalue weighted by molar-refractivity contribution is -0.142. The second kappa shape index (κ2) is 14.9. The van der Waals surface area contributed by atoms with Gasteiger partial charge in [-0.05, 0) is 47.4 Å². The van der Waals surface area contributed by atoms with Gasteiger partial charge in [0.05, 0.1) is 6.04 Å². The molecule has 13 heteroatoms. The van der Waals surface area contributed by atoms with Crippen LogP contribution in [0.15, 0.2) is 85.2 Å². The van der Waals surface area contributed by atoms with Crippen LogP contribution < -0.4 is 21.7 Å². The summed E-state index contributed by atoms with van der Waals surface area (Å²) in [6, 6.07) is 16.5. The lowest BCUT2D eigenvalue weighted by Gasteiger charge is -2.24. The van der Waals surface area contributed by atoms with E-state index in [4.69, 9.17) is 5.73 Å². The lowest BCUT2D eigenvalue weighted by atomic mass is 10.0. The van der Waals surface area contributed by atoms with Gasteiger partial charge in [0.2, 0.25) is 17.7 Å². The number of phenolic OH excluding ortho intramolecular Hbond substituents is 1. The Bertz CT molecular complexity index is 1890. The number of fused-ring (bicyclic) bond motifs is 2. The number of hydrogen-bond acceptors (Lipinski definition) is 7. The number of H-pyrrole nitrogens is 2. The van der Waals surface area contributed by atoms with Crippen molar-refractivity contribution >= 4 is 58.1 Å². The summed E-state index contributed by atoms with van der Waals surface area (Å²) in [6.45, 7) is 0. The maximum absolute atomic E-state index is 13.8. The zero-order chi connectivity index (χ0) is 33.5. The zero-order valence-corrected chi connectivity index (χ0v) is 26.2. The van der Waals surface area contributed by atoms with Crippen molar-refractivity contribution in [3.63, 3.8) is 0 Å². The van der Waals surface area contributed by atoms with Crippen LogP contribution in [0.1, 0.15) is 16.7 Å². The van der Waals surface area contributed by atoms with E-state index in [1.165, 1.54) is 12.1 Å². The van der Waals surface area contributed by atoms with Crippen molar-refractivity contribution in [2.45, 2.75) is 43.4 Å². The van der Waals surface area contributed by atoms with Crippen LogP contribution in [0, 0.1) is 0 Å². The number of carboxylic acids is 1. The molecule has 0 aliphatic carbocycles. The SMILES string of the molecule is NC(Cc1ccc(O)cc1)C(=O)NC(CS)C(=O)NC(Cc1c[nH]c2ccccc12)C(=O)NC(Cc1c[nH]c2ccccc12)C(=O)O. The third kappa shape index (κ3) is 8.12. The van der Waals surface area contributed by atoms with E-state index in [0.29, 0.717) is 11.1 Å². The van der Waals surface area contributed by atoms with E-state index in [9.17, 15) is 29.4 Å². The smallest absolute Gasteiger partial charge is 0.326 e. The molecule has 0 aliphatic rings.